The van der Waals surface area contributed by atoms with Crippen molar-refractivity contribution >= 4 is 40.1 Å². The van der Waals surface area contributed by atoms with Crippen LogP contribution in [0.25, 0.3) is 11.2 Å². The lowest BCUT2D eigenvalue weighted by molar-refractivity contribution is 0.0851. The molecule has 1 aliphatic rings. The number of benzene rings is 1. The smallest absolute Gasteiger partial charge is 0.255 e. The molecule has 5 N–H and O–H groups in total. The Morgan fingerprint density at radius 2 is 2.17 bits per heavy atom. The Kier molecular flexibility index (Phi) is 5.69. The summed E-state index contributed by atoms with van der Waals surface area (Å²) in [6.45, 7) is 0. The van der Waals surface area contributed by atoms with E-state index in [2.05, 4.69) is 25.6 Å². The fourth-order valence-electron chi connectivity index (χ4n) is 3.82. The number of H-pyrrole nitrogens is 1. The third-order valence-corrected chi connectivity index (χ3v) is 5.62. The maximum atomic E-state index is 12.8. The van der Waals surface area contributed by atoms with E-state index in [1.165, 1.54) is 6.20 Å². The van der Waals surface area contributed by atoms with Crippen LogP contribution in [0.3, 0.4) is 0 Å². The summed E-state index contributed by atoms with van der Waals surface area (Å²) in [7, 11) is 1.76. The highest BCUT2D eigenvalue weighted by Gasteiger charge is 2.24. The van der Waals surface area contributed by atoms with Crippen molar-refractivity contribution < 1.29 is 9.90 Å². The molecule has 1 amide bonds. The highest BCUT2D eigenvalue weighted by atomic mass is 35.5. The van der Waals surface area contributed by atoms with Crippen LogP contribution in [0.1, 0.15) is 47.3 Å². The molecule has 1 aliphatic carbocycles. The molecule has 0 radical (unpaired) electrons. The number of hydrogen-bond donors (Lipinski definition) is 5. The fourth-order valence-corrected chi connectivity index (χ4v) is 3.99. The largest absolute Gasteiger partial charge is 0.393 e. The number of fused-ring (bicyclic) bond motifs is 1. The van der Waals surface area contributed by atoms with Crippen molar-refractivity contribution in [2.75, 3.05) is 12.4 Å². The molecule has 1 aromatic carbocycles. The van der Waals surface area contributed by atoms with E-state index in [0.717, 1.165) is 19.3 Å². The van der Waals surface area contributed by atoms with Crippen molar-refractivity contribution in [3.8, 4) is 0 Å². The Morgan fingerprint density at radius 1 is 1.33 bits per heavy atom. The Bertz CT molecular complexity index is 1110. The molecule has 1 fully saturated rings. The van der Waals surface area contributed by atoms with Crippen LogP contribution in [0.5, 0.6) is 0 Å². The molecule has 2 heterocycles. The van der Waals surface area contributed by atoms with Gasteiger partial charge in [0, 0.05) is 35.6 Å². The Balaban J connectivity index is 1.63. The lowest BCUT2D eigenvalue weighted by Gasteiger charge is -2.26. The van der Waals surface area contributed by atoms with Gasteiger partial charge in [0.15, 0.2) is 5.65 Å². The minimum atomic E-state index is -0.375. The number of nitrogens with one attached hydrogen (secondary N) is 4. The van der Waals surface area contributed by atoms with Crippen LogP contribution >= 0.6 is 11.6 Å². The second kappa shape index (κ2) is 8.41. The number of carbonyl (C=O) groups excluding carboxylic acids is 1. The number of halogens is 1. The molecule has 9 heteroatoms. The summed E-state index contributed by atoms with van der Waals surface area (Å²) in [5.41, 5.74) is 3.12. The van der Waals surface area contributed by atoms with Gasteiger partial charge in [-0.3, -0.25) is 10.2 Å². The van der Waals surface area contributed by atoms with Crippen LogP contribution in [0.15, 0.2) is 30.6 Å². The first-order chi connectivity index (χ1) is 14.5. The summed E-state index contributed by atoms with van der Waals surface area (Å²) in [6, 6.07) is 5.14. The highest BCUT2D eigenvalue weighted by Crippen LogP contribution is 2.24. The van der Waals surface area contributed by atoms with Gasteiger partial charge in [-0.1, -0.05) is 11.6 Å². The van der Waals surface area contributed by atoms with Crippen molar-refractivity contribution in [2.24, 2.45) is 0 Å². The first-order valence-corrected chi connectivity index (χ1v) is 10.2. The molecular formula is C21H23ClN6O2. The third-order valence-electron chi connectivity index (χ3n) is 5.38. The Hall–Kier alpha value is -2.97. The van der Waals surface area contributed by atoms with Crippen LogP contribution < -0.4 is 10.6 Å². The molecule has 8 nitrogen and oxygen atoms in total. The van der Waals surface area contributed by atoms with E-state index < -0.39 is 0 Å². The van der Waals surface area contributed by atoms with Crippen LogP contribution in [-0.4, -0.2) is 50.9 Å². The third kappa shape index (κ3) is 4.01. The molecule has 0 aliphatic heterocycles. The van der Waals surface area contributed by atoms with E-state index >= 15 is 0 Å². The number of nitrogens with zero attached hydrogens (tertiary/aromatic N) is 2. The number of aromatic amines is 1. The summed E-state index contributed by atoms with van der Waals surface area (Å²) in [4.78, 5) is 24.7. The number of hydrogen-bond acceptors (Lipinski definition) is 6. The molecule has 30 heavy (non-hydrogen) atoms. The molecule has 2 aromatic heterocycles. The van der Waals surface area contributed by atoms with Crippen molar-refractivity contribution in [1.82, 2.24) is 20.3 Å². The Labute approximate surface area is 178 Å². The first kappa shape index (κ1) is 20.3. The van der Waals surface area contributed by atoms with Gasteiger partial charge in [-0.15, -0.1) is 0 Å². The molecule has 1 saturated carbocycles. The molecule has 2 atom stereocenters. The van der Waals surface area contributed by atoms with Gasteiger partial charge in [-0.2, -0.15) is 0 Å². The van der Waals surface area contributed by atoms with Gasteiger partial charge in [0.2, 0.25) is 0 Å². The van der Waals surface area contributed by atoms with Gasteiger partial charge in [0.05, 0.1) is 23.6 Å². The first-order valence-electron chi connectivity index (χ1n) is 9.86. The summed E-state index contributed by atoms with van der Waals surface area (Å²) in [6.07, 6.45) is 5.77. The van der Waals surface area contributed by atoms with E-state index in [1.54, 1.807) is 31.4 Å². The fraction of sp³-hybridized carbons (Fsp3) is 0.333. The van der Waals surface area contributed by atoms with Crippen LogP contribution in [0.4, 0.5) is 5.69 Å². The van der Waals surface area contributed by atoms with E-state index in [1.807, 2.05) is 0 Å². The average Bonchev–Trinajstić information content (AvgIpc) is 3.16. The summed E-state index contributed by atoms with van der Waals surface area (Å²) in [5, 5.41) is 25.0. The monoisotopic (exact) mass is 426 g/mol. The van der Waals surface area contributed by atoms with Gasteiger partial charge in [-0.05, 0) is 43.9 Å². The van der Waals surface area contributed by atoms with E-state index in [4.69, 9.17) is 17.0 Å². The average molecular weight is 427 g/mol. The van der Waals surface area contributed by atoms with Crippen molar-refractivity contribution in [1.29, 1.82) is 5.41 Å². The summed E-state index contributed by atoms with van der Waals surface area (Å²) < 4.78 is 0. The SMILES string of the molecule is CNc1cc(Cl)ccc1C(=N)c1cnc2[nH]cc(C(=O)N[C@@H]3CCC[C@H](O)C3)c2n1. The predicted octanol–water partition coefficient (Wildman–Crippen LogP) is 3.10. The maximum Gasteiger partial charge on any atom is 0.255 e. The standard InChI is InChI=1S/C21H23ClN6O2/c1-24-16-7-11(22)5-6-14(16)18(23)17-10-26-20-19(28-17)15(9-25-20)21(30)27-12-3-2-4-13(29)8-12/h5-7,9-10,12-13,23-24,29H,2-4,8H2,1H3,(H,25,26)(H,27,30)/t12-,13+/m1/s1. The van der Waals surface area contributed by atoms with E-state index in [-0.39, 0.29) is 23.8 Å². The number of anilines is 1. The number of aromatic nitrogens is 3. The Morgan fingerprint density at radius 3 is 2.93 bits per heavy atom. The number of amides is 1. The summed E-state index contributed by atoms with van der Waals surface area (Å²) in [5.74, 6) is -0.263. The van der Waals surface area contributed by atoms with Crippen molar-refractivity contribution in [3.05, 3.63) is 52.4 Å². The lowest BCUT2D eigenvalue weighted by atomic mass is 9.93. The topological polar surface area (TPSA) is 127 Å². The maximum absolute atomic E-state index is 12.8. The zero-order valence-electron chi connectivity index (χ0n) is 16.5. The van der Waals surface area contributed by atoms with Gasteiger partial charge < -0.3 is 20.7 Å². The number of rotatable bonds is 5. The second-order valence-corrected chi connectivity index (χ2v) is 7.90. The van der Waals surface area contributed by atoms with Gasteiger partial charge in [-0.25, -0.2) is 9.97 Å². The van der Waals surface area contributed by atoms with Gasteiger partial charge >= 0.3 is 0 Å². The molecule has 4 rings (SSSR count). The molecule has 0 unspecified atom stereocenters. The lowest BCUT2D eigenvalue weighted by Crippen LogP contribution is -2.39. The molecular weight excluding hydrogens is 404 g/mol. The molecule has 0 bridgehead atoms. The number of aliphatic hydroxyl groups excluding tert-OH is 1. The zero-order valence-corrected chi connectivity index (χ0v) is 17.3. The molecule has 156 valence electrons. The normalized spacial score (nSPS) is 18.9. The number of aliphatic hydroxyl groups is 1. The molecule has 3 aromatic rings. The zero-order chi connectivity index (χ0) is 21.3. The van der Waals surface area contributed by atoms with Gasteiger partial charge in [0.25, 0.3) is 5.91 Å². The van der Waals surface area contributed by atoms with Crippen molar-refractivity contribution in [2.45, 2.75) is 37.8 Å². The van der Waals surface area contributed by atoms with E-state index in [9.17, 15) is 9.90 Å². The minimum Gasteiger partial charge on any atom is -0.393 e. The highest BCUT2D eigenvalue weighted by molar-refractivity contribution is 6.31. The van der Waals surface area contributed by atoms with Crippen LogP contribution in [-0.2, 0) is 0 Å². The quantitative estimate of drug-likeness (QED) is 0.400. The molecule has 0 saturated heterocycles. The van der Waals surface area contributed by atoms with Crippen LogP contribution in [0.2, 0.25) is 5.02 Å². The minimum absolute atomic E-state index is 0.0621. The molecule has 0 spiro atoms. The van der Waals surface area contributed by atoms with Crippen LogP contribution in [0, 0.1) is 5.41 Å². The predicted molar refractivity (Wildman–Crippen MR) is 117 cm³/mol. The van der Waals surface area contributed by atoms with Gasteiger partial charge in [0.1, 0.15) is 11.2 Å². The second-order valence-electron chi connectivity index (χ2n) is 7.46. The van der Waals surface area contributed by atoms with Crippen molar-refractivity contribution in [3.63, 3.8) is 0 Å². The van der Waals surface area contributed by atoms with E-state index in [0.29, 0.717) is 45.1 Å². The number of carbonyl (C=O) groups is 1. The summed E-state index contributed by atoms with van der Waals surface area (Å²) >= 11 is 6.05.